The van der Waals surface area contributed by atoms with E-state index in [1.54, 1.807) is 0 Å². The van der Waals surface area contributed by atoms with Gasteiger partial charge in [0, 0.05) is 12.5 Å². The van der Waals surface area contributed by atoms with Crippen LogP contribution in [0.25, 0.3) is 0 Å². The Hall–Kier alpha value is -1.11. The van der Waals surface area contributed by atoms with Crippen molar-refractivity contribution < 1.29 is 31.8 Å². The molecule has 7 heteroatoms. The van der Waals surface area contributed by atoms with Gasteiger partial charge in [-0.2, -0.15) is 13.2 Å². The van der Waals surface area contributed by atoms with Crippen molar-refractivity contribution in [1.29, 1.82) is 0 Å². The summed E-state index contributed by atoms with van der Waals surface area (Å²) < 4.78 is 57.4. The molecule has 2 unspecified atom stereocenters. The number of carbonyl (C=O) groups excluding carboxylic acids is 1. The van der Waals surface area contributed by atoms with E-state index in [-0.39, 0.29) is 13.2 Å². The quantitative estimate of drug-likeness (QED) is 0.304. The number of carbonyl (C=O) groups is 1. The monoisotopic (exact) mass is 258 g/mol. The van der Waals surface area contributed by atoms with Gasteiger partial charge in [0.25, 0.3) is 0 Å². The minimum absolute atomic E-state index is 0.0919. The highest BCUT2D eigenvalue weighted by Gasteiger charge is 2.40. The van der Waals surface area contributed by atoms with E-state index in [1.165, 1.54) is 6.92 Å². The van der Waals surface area contributed by atoms with Crippen LogP contribution in [0, 0.1) is 0 Å². The van der Waals surface area contributed by atoms with E-state index in [0.29, 0.717) is 0 Å². The van der Waals surface area contributed by atoms with Gasteiger partial charge < -0.3 is 9.47 Å². The number of hydrogen-bond acceptors (Lipinski definition) is 3. The van der Waals surface area contributed by atoms with Crippen LogP contribution in [0.4, 0.5) is 17.6 Å². The van der Waals surface area contributed by atoms with Crippen LogP contribution in [0.5, 0.6) is 0 Å². The first kappa shape index (κ1) is 15.9. The van der Waals surface area contributed by atoms with Gasteiger partial charge in [0.1, 0.15) is 6.61 Å². The SMILES string of the molecule is C=CC(=O)OCCOC(C)CC(F)C(F)(F)F. The number of halogens is 4. The molecule has 0 aliphatic heterocycles. The molecule has 0 amide bonds. The van der Waals surface area contributed by atoms with Crippen molar-refractivity contribution in [2.24, 2.45) is 0 Å². The number of rotatable bonds is 7. The number of esters is 1. The maximum atomic E-state index is 12.5. The standard InChI is InChI=1S/C10H14F4O3/c1-3-9(15)17-5-4-16-7(2)6-8(11)10(12,13)14/h3,7-8H,1,4-6H2,2H3. The smallest absolute Gasteiger partial charge is 0.419 e. The maximum absolute atomic E-state index is 12.5. The highest BCUT2D eigenvalue weighted by atomic mass is 19.4. The summed E-state index contributed by atoms with van der Waals surface area (Å²) in [6, 6.07) is 0. The highest BCUT2D eigenvalue weighted by Crippen LogP contribution is 2.26. The average Bonchev–Trinajstić information content (AvgIpc) is 2.22. The Morgan fingerprint density at radius 1 is 1.41 bits per heavy atom. The first-order valence-corrected chi connectivity index (χ1v) is 4.89. The lowest BCUT2D eigenvalue weighted by molar-refractivity contribution is -0.188. The predicted molar refractivity (Wildman–Crippen MR) is 52.1 cm³/mol. The summed E-state index contributed by atoms with van der Waals surface area (Å²) in [5.41, 5.74) is 0. The third-order valence-corrected chi connectivity index (χ3v) is 1.79. The Morgan fingerprint density at radius 2 is 2.00 bits per heavy atom. The summed E-state index contributed by atoms with van der Waals surface area (Å²) in [5, 5.41) is 0. The van der Waals surface area contributed by atoms with E-state index in [4.69, 9.17) is 4.74 Å². The van der Waals surface area contributed by atoms with Gasteiger partial charge in [0.2, 0.25) is 0 Å². The fraction of sp³-hybridized carbons (Fsp3) is 0.700. The zero-order valence-electron chi connectivity index (χ0n) is 9.30. The van der Waals surface area contributed by atoms with Gasteiger partial charge in [-0.15, -0.1) is 0 Å². The first-order valence-electron chi connectivity index (χ1n) is 4.89. The molecule has 0 aromatic rings. The Labute approximate surface area is 96.4 Å². The van der Waals surface area contributed by atoms with Gasteiger partial charge in [-0.3, -0.25) is 0 Å². The first-order chi connectivity index (χ1) is 7.77. The predicted octanol–water partition coefficient (Wildman–Crippen LogP) is 2.41. The molecular formula is C10H14F4O3. The summed E-state index contributed by atoms with van der Waals surface area (Å²) >= 11 is 0. The Balaban J connectivity index is 3.70. The Morgan fingerprint density at radius 3 is 2.47 bits per heavy atom. The number of hydrogen-bond donors (Lipinski definition) is 0. The molecule has 100 valence electrons. The molecule has 0 aromatic heterocycles. The van der Waals surface area contributed by atoms with Crippen LogP contribution in [0.2, 0.25) is 0 Å². The van der Waals surface area contributed by atoms with Crippen molar-refractivity contribution in [2.45, 2.75) is 31.8 Å². The molecular weight excluding hydrogens is 244 g/mol. The van der Waals surface area contributed by atoms with E-state index in [9.17, 15) is 22.4 Å². The maximum Gasteiger partial charge on any atom is 0.419 e. The molecule has 0 fully saturated rings. The second kappa shape index (κ2) is 7.26. The van der Waals surface area contributed by atoms with Gasteiger partial charge in [0.15, 0.2) is 6.17 Å². The molecule has 2 atom stereocenters. The normalized spacial score (nSPS) is 15.1. The van der Waals surface area contributed by atoms with E-state index in [0.717, 1.165) is 6.08 Å². The topological polar surface area (TPSA) is 35.5 Å². The van der Waals surface area contributed by atoms with E-state index in [1.807, 2.05) is 0 Å². The lowest BCUT2D eigenvalue weighted by Crippen LogP contribution is -2.29. The molecule has 17 heavy (non-hydrogen) atoms. The zero-order valence-corrected chi connectivity index (χ0v) is 9.30. The minimum Gasteiger partial charge on any atom is -0.460 e. The zero-order chi connectivity index (χ0) is 13.5. The number of ether oxygens (including phenoxy) is 2. The summed E-state index contributed by atoms with van der Waals surface area (Å²) in [6.07, 6.45) is -8.52. The Kier molecular flexibility index (Phi) is 6.79. The van der Waals surface area contributed by atoms with Crippen molar-refractivity contribution in [1.82, 2.24) is 0 Å². The van der Waals surface area contributed by atoms with E-state index < -0.39 is 30.8 Å². The third-order valence-electron chi connectivity index (χ3n) is 1.79. The van der Waals surface area contributed by atoms with Crippen LogP contribution >= 0.6 is 0 Å². The van der Waals surface area contributed by atoms with Crippen molar-refractivity contribution in [3.8, 4) is 0 Å². The fourth-order valence-electron chi connectivity index (χ4n) is 0.944. The summed E-state index contributed by atoms with van der Waals surface area (Å²) in [6.45, 7) is 4.26. The average molecular weight is 258 g/mol. The van der Waals surface area contributed by atoms with Crippen molar-refractivity contribution in [2.75, 3.05) is 13.2 Å². The molecule has 0 aliphatic rings. The van der Waals surface area contributed by atoms with Crippen molar-refractivity contribution >= 4 is 5.97 Å². The fourth-order valence-corrected chi connectivity index (χ4v) is 0.944. The van der Waals surface area contributed by atoms with Crippen LogP contribution in [-0.4, -0.2) is 37.6 Å². The molecule has 0 heterocycles. The van der Waals surface area contributed by atoms with Crippen LogP contribution < -0.4 is 0 Å². The van der Waals surface area contributed by atoms with Crippen LogP contribution in [0.1, 0.15) is 13.3 Å². The lowest BCUT2D eigenvalue weighted by Gasteiger charge is -2.17. The molecule has 0 spiro atoms. The minimum atomic E-state index is -4.87. The van der Waals surface area contributed by atoms with Gasteiger partial charge in [-0.05, 0) is 6.92 Å². The summed E-state index contributed by atoms with van der Waals surface area (Å²) in [5.74, 6) is -0.653. The molecule has 0 saturated carbocycles. The van der Waals surface area contributed by atoms with Crippen molar-refractivity contribution in [3.63, 3.8) is 0 Å². The van der Waals surface area contributed by atoms with Crippen LogP contribution in [0.15, 0.2) is 12.7 Å². The molecule has 0 radical (unpaired) electrons. The molecule has 0 saturated heterocycles. The van der Waals surface area contributed by atoms with E-state index in [2.05, 4.69) is 11.3 Å². The second-order valence-corrected chi connectivity index (χ2v) is 3.30. The second-order valence-electron chi connectivity index (χ2n) is 3.30. The molecule has 3 nitrogen and oxygen atoms in total. The Bertz CT molecular complexity index is 252. The third kappa shape index (κ3) is 7.73. The van der Waals surface area contributed by atoms with E-state index >= 15 is 0 Å². The molecule has 0 aromatic carbocycles. The van der Waals surface area contributed by atoms with Gasteiger partial charge in [-0.1, -0.05) is 6.58 Å². The molecule has 0 N–H and O–H groups in total. The van der Waals surface area contributed by atoms with Gasteiger partial charge >= 0.3 is 12.1 Å². The lowest BCUT2D eigenvalue weighted by atomic mass is 10.2. The highest BCUT2D eigenvalue weighted by molar-refractivity contribution is 5.81. The number of alkyl halides is 4. The van der Waals surface area contributed by atoms with Crippen LogP contribution in [-0.2, 0) is 14.3 Å². The van der Waals surface area contributed by atoms with Crippen molar-refractivity contribution in [3.05, 3.63) is 12.7 Å². The van der Waals surface area contributed by atoms with Crippen LogP contribution in [0.3, 0.4) is 0 Å². The molecule has 0 bridgehead atoms. The summed E-state index contributed by atoms with van der Waals surface area (Å²) in [7, 11) is 0. The van der Waals surface area contributed by atoms with Gasteiger partial charge in [0.05, 0.1) is 12.7 Å². The summed E-state index contributed by atoms with van der Waals surface area (Å²) in [4.78, 5) is 10.6. The van der Waals surface area contributed by atoms with Gasteiger partial charge in [-0.25, -0.2) is 9.18 Å². The largest absolute Gasteiger partial charge is 0.460 e. The molecule has 0 rings (SSSR count). The molecule has 0 aliphatic carbocycles.